The highest BCUT2D eigenvalue weighted by atomic mass is 16.6. The second-order valence-corrected chi connectivity index (χ2v) is 5.19. The first-order valence-electron chi connectivity index (χ1n) is 7.54. The Bertz CT molecular complexity index is 583. The minimum Gasteiger partial charge on any atom is -0.486 e. The van der Waals surface area contributed by atoms with Crippen molar-refractivity contribution in [2.24, 2.45) is 0 Å². The van der Waals surface area contributed by atoms with Crippen molar-refractivity contribution in [3.63, 3.8) is 0 Å². The lowest BCUT2D eigenvalue weighted by molar-refractivity contribution is 0.169. The van der Waals surface area contributed by atoms with Gasteiger partial charge in [0.1, 0.15) is 13.2 Å². The summed E-state index contributed by atoms with van der Waals surface area (Å²) >= 11 is 0. The molecule has 1 heterocycles. The van der Waals surface area contributed by atoms with Gasteiger partial charge in [-0.2, -0.15) is 0 Å². The van der Waals surface area contributed by atoms with E-state index in [1.165, 1.54) is 5.56 Å². The summed E-state index contributed by atoms with van der Waals surface area (Å²) in [5.74, 6) is 1.74. The minimum atomic E-state index is 0.353. The fourth-order valence-corrected chi connectivity index (χ4v) is 2.69. The van der Waals surface area contributed by atoms with E-state index in [0.717, 1.165) is 30.0 Å². The normalized spacial score (nSPS) is 14.7. The lowest BCUT2D eigenvalue weighted by Gasteiger charge is -2.23. The molecule has 21 heavy (non-hydrogen) atoms. The van der Waals surface area contributed by atoms with E-state index in [0.29, 0.717) is 19.3 Å². The molecule has 2 aromatic carbocycles. The van der Waals surface area contributed by atoms with Crippen LogP contribution in [0.5, 0.6) is 11.5 Å². The predicted octanol–water partition coefficient (Wildman–Crippen LogP) is 3.70. The molecule has 1 aliphatic heterocycles. The summed E-state index contributed by atoms with van der Waals surface area (Å²) in [7, 11) is 0. The molecule has 0 saturated carbocycles. The molecule has 3 rings (SSSR count). The molecule has 0 amide bonds. The molecular formula is C18H21NO2. The van der Waals surface area contributed by atoms with Gasteiger partial charge in [0, 0.05) is 18.2 Å². The Hall–Kier alpha value is -2.00. The molecule has 1 atom stereocenters. The number of ether oxygens (including phenoxy) is 2. The maximum absolute atomic E-state index is 5.76. The fraction of sp³-hybridized carbons (Fsp3) is 0.333. The summed E-state index contributed by atoms with van der Waals surface area (Å²) in [5, 5.41) is 3.62. The molecule has 0 aliphatic carbocycles. The zero-order chi connectivity index (χ0) is 14.5. The van der Waals surface area contributed by atoms with E-state index >= 15 is 0 Å². The molecule has 1 N–H and O–H groups in total. The Labute approximate surface area is 125 Å². The second kappa shape index (κ2) is 6.64. The van der Waals surface area contributed by atoms with Gasteiger partial charge in [-0.15, -0.1) is 0 Å². The standard InChI is InChI=1S/C18H21NO2/c1-2-16(14-7-4-3-5-8-14)19-13-15-9-6-10-17-18(15)21-12-11-20-17/h3-10,16,19H,2,11-13H2,1H3. The van der Waals surface area contributed by atoms with Crippen LogP contribution in [0.4, 0.5) is 0 Å². The molecule has 2 aromatic rings. The predicted molar refractivity (Wildman–Crippen MR) is 83.7 cm³/mol. The first-order valence-corrected chi connectivity index (χ1v) is 7.54. The molecule has 0 radical (unpaired) electrons. The maximum Gasteiger partial charge on any atom is 0.165 e. The van der Waals surface area contributed by atoms with E-state index in [9.17, 15) is 0 Å². The third kappa shape index (κ3) is 3.19. The van der Waals surface area contributed by atoms with Crippen LogP contribution in [0.2, 0.25) is 0 Å². The van der Waals surface area contributed by atoms with Gasteiger partial charge < -0.3 is 14.8 Å². The van der Waals surface area contributed by atoms with Crippen molar-refractivity contribution in [2.45, 2.75) is 25.9 Å². The molecule has 0 spiro atoms. The van der Waals surface area contributed by atoms with Gasteiger partial charge in [0.2, 0.25) is 0 Å². The number of hydrogen-bond acceptors (Lipinski definition) is 3. The quantitative estimate of drug-likeness (QED) is 0.907. The van der Waals surface area contributed by atoms with Crippen LogP contribution in [0, 0.1) is 0 Å². The summed E-state index contributed by atoms with van der Waals surface area (Å²) < 4.78 is 11.4. The fourth-order valence-electron chi connectivity index (χ4n) is 2.69. The van der Waals surface area contributed by atoms with Gasteiger partial charge in [0.15, 0.2) is 11.5 Å². The van der Waals surface area contributed by atoms with Crippen molar-refractivity contribution in [1.82, 2.24) is 5.32 Å². The van der Waals surface area contributed by atoms with Crippen molar-refractivity contribution in [1.29, 1.82) is 0 Å². The van der Waals surface area contributed by atoms with Crippen molar-refractivity contribution >= 4 is 0 Å². The van der Waals surface area contributed by atoms with Crippen molar-refractivity contribution < 1.29 is 9.47 Å². The van der Waals surface area contributed by atoms with Crippen LogP contribution in [-0.4, -0.2) is 13.2 Å². The summed E-state index contributed by atoms with van der Waals surface area (Å²) in [6, 6.07) is 17.0. The number of hydrogen-bond donors (Lipinski definition) is 1. The Kier molecular flexibility index (Phi) is 4.41. The van der Waals surface area contributed by atoms with Gasteiger partial charge in [0.05, 0.1) is 0 Å². The van der Waals surface area contributed by atoms with E-state index < -0.39 is 0 Å². The Morgan fingerprint density at radius 3 is 2.62 bits per heavy atom. The second-order valence-electron chi connectivity index (χ2n) is 5.19. The van der Waals surface area contributed by atoms with E-state index in [1.54, 1.807) is 0 Å². The molecule has 0 fully saturated rings. The van der Waals surface area contributed by atoms with E-state index in [-0.39, 0.29) is 0 Å². The number of benzene rings is 2. The average molecular weight is 283 g/mol. The van der Waals surface area contributed by atoms with Crippen LogP contribution < -0.4 is 14.8 Å². The molecular weight excluding hydrogens is 262 g/mol. The van der Waals surface area contributed by atoms with Crippen LogP contribution in [0.3, 0.4) is 0 Å². The third-order valence-corrected chi connectivity index (χ3v) is 3.80. The maximum atomic E-state index is 5.76. The molecule has 0 aromatic heterocycles. The van der Waals surface area contributed by atoms with Gasteiger partial charge in [-0.3, -0.25) is 0 Å². The monoisotopic (exact) mass is 283 g/mol. The zero-order valence-electron chi connectivity index (χ0n) is 12.3. The SMILES string of the molecule is CCC(NCc1cccc2c1OCCO2)c1ccccc1. The smallest absolute Gasteiger partial charge is 0.165 e. The summed E-state index contributed by atoms with van der Waals surface area (Å²) in [6.45, 7) is 4.23. The number of nitrogens with one attached hydrogen (secondary N) is 1. The van der Waals surface area contributed by atoms with E-state index in [1.807, 2.05) is 12.1 Å². The summed E-state index contributed by atoms with van der Waals surface area (Å²) in [6.07, 6.45) is 1.05. The first-order chi connectivity index (χ1) is 10.4. The zero-order valence-corrected chi connectivity index (χ0v) is 12.3. The highest BCUT2D eigenvalue weighted by molar-refractivity contribution is 5.47. The number of para-hydroxylation sites is 1. The lowest BCUT2D eigenvalue weighted by Crippen LogP contribution is -2.22. The van der Waals surface area contributed by atoms with Crippen molar-refractivity contribution in [3.8, 4) is 11.5 Å². The van der Waals surface area contributed by atoms with Crippen LogP contribution >= 0.6 is 0 Å². The van der Waals surface area contributed by atoms with Gasteiger partial charge in [-0.05, 0) is 18.1 Å². The van der Waals surface area contributed by atoms with Gasteiger partial charge in [-0.1, -0.05) is 49.4 Å². The first kappa shape index (κ1) is 14.0. The molecule has 1 unspecified atom stereocenters. The molecule has 1 aliphatic rings. The molecule has 0 saturated heterocycles. The van der Waals surface area contributed by atoms with Gasteiger partial charge in [-0.25, -0.2) is 0 Å². The van der Waals surface area contributed by atoms with Crippen molar-refractivity contribution in [3.05, 3.63) is 59.7 Å². The van der Waals surface area contributed by atoms with E-state index in [4.69, 9.17) is 9.47 Å². The van der Waals surface area contributed by atoms with Crippen LogP contribution in [0.25, 0.3) is 0 Å². The highest BCUT2D eigenvalue weighted by Crippen LogP contribution is 2.33. The van der Waals surface area contributed by atoms with Crippen LogP contribution in [0.15, 0.2) is 48.5 Å². The van der Waals surface area contributed by atoms with E-state index in [2.05, 4.69) is 48.6 Å². The summed E-state index contributed by atoms with van der Waals surface area (Å²) in [5.41, 5.74) is 2.48. The Balaban J connectivity index is 1.72. The third-order valence-electron chi connectivity index (χ3n) is 3.80. The van der Waals surface area contributed by atoms with Crippen LogP contribution in [-0.2, 0) is 6.54 Å². The number of rotatable bonds is 5. The molecule has 3 nitrogen and oxygen atoms in total. The van der Waals surface area contributed by atoms with Crippen LogP contribution in [0.1, 0.15) is 30.5 Å². The minimum absolute atomic E-state index is 0.353. The van der Waals surface area contributed by atoms with Gasteiger partial charge >= 0.3 is 0 Å². The largest absolute Gasteiger partial charge is 0.486 e. The number of fused-ring (bicyclic) bond motifs is 1. The summed E-state index contributed by atoms with van der Waals surface area (Å²) in [4.78, 5) is 0. The van der Waals surface area contributed by atoms with Gasteiger partial charge in [0.25, 0.3) is 0 Å². The topological polar surface area (TPSA) is 30.5 Å². The Morgan fingerprint density at radius 2 is 1.81 bits per heavy atom. The average Bonchev–Trinajstić information content (AvgIpc) is 2.56. The van der Waals surface area contributed by atoms with Crippen molar-refractivity contribution in [2.75, 3.05) is 13.2 Å². The molecule has 3 heteroatoms. The highest BCUT2D eigenvalue weighted by Gasteiger charge is 2.16. The Morgan fingerprint density at radius 1 is 1.00 bits per heavy atom. The lowest BCUT2D eigenvalue weighted by atomic mass is 10.0. The molecule has 0 bridgehead atoms. The molecule has 110 valence electrons.